The fourth-order valence-corrected chi connectivity index (χ4v) is 5.25. The lowest BCUT2D eigenvalue weighted by Gasteiger charge is -2.11. The number of aromatic nitrogens is 2. The van der Waals surface area contributed by atoms with Crippen molar-refractivity contribution in [3.05, 3.63) is 28.3 Å². The molecule has 0 saturated heterocycles. The summed E-state index contributed by atoms with van der Waals surface area (Å²) in [5.74, 6) is 2.29. The van der Waals surface area contributed by atoms with Crippen LogP contribution in [0.15, 0.2) is 12.1 Å². The molecular formula is C16H16FN3OS. The monoisotopic (exact) mass is 317 g/mol. The van der Waals surface area contributed by atoms with Crippen LogP contribution in [0.4, 0.5) is 4.39 Å². The van der Waals surface area contributed by atoms with E-state index in [2.05, 4.69) is 15.3 Å². The maximum absolute atomic E-state index is 13.7. The van der Waals surface area contributed by atoms with E-state index < -0.39 is 5.82 Å². The molecule has 3 aliphatic carbocycles. The highest BCUT2D eigenvalue weighted by molar-refractivity contribution is 7.71. The standard InChI is InChI=1S/C16H16FN3OS/c17-8-4-9(13-10(5-8)18-16(22)20-13)15(21)19-14-11-6-1-2-7(3-6)12(11)14/h4-7,11-12,14H,1-3H2,(H,19,21)(H2,18,20,22). The van der Waals surface area contributed by atoms with Crippen LogP contribution in [0.2, 0.25) is 0 Å². The number of hydrogen-bond acceptors (Lipinski definition) is 2. The smallest absolute Gasteiger partial charge is 0.253 e. The normalized spacial score (nSPS) is 34.9. The number of aromatic amines is 2. The van der Waals surface area contributed by atoms with Crippen LogP contribution in [0, 0.1) is 34.3 Å². The van der Waals surface area contributed by atoms with E-state index >= 15 is 0 Å². The predicted octanol–water partition coefficient (Wildman–Crippen LogP) is 3.14. The first-order valence-corrected chi connectivity index (χ1v) is 8.25. The van der Waals surface area contributed by atoms with Gasteiger partial charge < -0.3 is 15.3 Å². The third-order valence-corrected chi connectivity index (χ3v) is 6.07. The largest absolute Gasteiger partial charge is 0.349 e. The Labute approximate surface area is 131 Å². The van der Waals surface area contributed by atoms with Crippen LogP contribution >= 0.6 is 12.2 Å². The Morgan fingerprint density at radius 2 is 1.95 bits per heavy atom. The average Bonchev–Trinajstić information content (AvgIpc) is 2.83. The van der Waals surface area contributed by atoms with Crippen molar-refractivity contribution in [3.8, 4) is 0 Å². The lowest BCUT2D eigenvalue weighted by Crippen LogP contribution is -2.30. The van der Waals surface area contributed by atoms with E-state index in [9.17, 15) is 9.18 Å². The van der Waals surface area contributed by atoms with E-state index in [1.165, 1.54) is 31.4 Å². The molecule has 3 N–H and O–H groups in total. The van der Waals surface area contributed by atoms with Gasteiger partial charge in [-0.1, -0.05) is 0 Å². The molecule has 3 saturated carbocycles. The molecule has 0 aliphatic heterocycles. The molecule has 114 valence electrons. The SMILES string of the molecule is O=C(NC1C2C3CCC(C3)C12)c1cc(F)cc2[nH]c(=S)[nH]c12. The minimum Gasteiger partial charge on any atom is -0.349 e. The maximum atomic E-state index is 13.7. The van der Waals surface area contributed by atoms with Gasteiger partial charge in [0.2, 0.25) is 0 Å². The van der Waals surface area contributed by atoms with Crippen molar-refractivity contribution in [1.82, 2.24) is 15.3 Å². The van der Waals surface area contributed by atoms with Crippen LogP contribution in [0.25, 0.3) is 11.0 Å². The lowest BCUT2D eigenvalue weighted by molar-refractivity contribution is 0.0945. The number of H-pyrrole nitrogens is 2. The van der Waals surface area contributed by atoms with E-state index in [4.69, 9.17) is 12.2 Å². The summed E-state index contributed by atoms with van der Waals surface area (Å²) in [5.41, 5.74) is 1.45. The Hall–Kier alpha value is -1.69. The molecule has 1 heterocycles. The summed E-state index contributed by atoms with van der Waals surface area (Å²) in [5, 5.41) is 3.13. The van der Waals surface area contributed by atoms with Crippen molar-refractivity contribution >= 4 is 29.2 Å². The predicted molar refractivity (Wildman–Crippen MR) is 82.5 cm³/mol. The molecule has 1 aromatic heterocycles. The minimum absolute atomic E-state index is 0.200. The van der Waals surface area contributed by atoms with Crippen LogP contribution in [0.1, 0.15) is 29.6 Å². The Bertz CT molecular complexity index is 841. The summed E-state index contributed by atoms with van der Waals surface area (Å²) in [4.78, 5) is 18.4. The zero-order valence-corrected chi connectivity index (χ0v) is 12.7. The third kappa shape index (κ3) is 1.67. The zero-order chi connectivity index (χ0) is 15.0. The molecule has 3 aliphatic rings. The van der Waals surface area contributed by atoms with Crippen molar-refractivity contribution in [2.24, 2.45) is 23.7 Å². The van der Waals surface area contributed by atoms with Gasteiger partial charge in [0.1, 0.15) is 5.82 Å². The Morgan fingerprint density at radius 3 is 2.68 bits per heavy atom. The highest BCUT2D eigenvalue weighted by Gasteiger charge is 2.65. The van der Waals surface area contributed by atoms with Crippen molar-refractivity contribution in [2.45, 2.75) is 25.3 Å². The zero-order valence-electron chi connectivity index (χ0n) is 11.9. The molecule has 6 heteroatoms. The number of nitrogens with one attached hydrogen (secondary N) is 3. The molecular weight excluding hydrogens is 301 g/mol. The van der Waals surface area contributed by atoms with Crippen molar-refractivity contribution in [1.29, 1.82) is 0 Å². The summed E-state index contributed by atoms with van der Waals surface area (Å²) in [6, 6.07) is 2.92. The maximum Gasteiger partial charge on any atom is 0.253 e. The van der Waals surface area contributed by atoms with E-state index in [-0.39, 0.29) is 5.91 Å². The lowest BCUT2D eigenvalue weighted by atomic mass is 10.0. The van der Waals surface area contributed by atoms with Gasteiger partial charge in [0, 0.05) is 6.04 Å². The molecule has 1 amide bonds. The number of fused-ring (bicyclic) bond motifs is 6. The number of benzene rings is 1. The van der Waals surface area contributed by atoms with Crippen molar-refractivity contribution in [3.63, 3.8) is 0 Å². The molecule has 22 heavy (non-hydrogen) atoms. The van der Waals surface area contributed by atoms with Gasteiger partial charge >= 0.3 is 0 Å². The number of amides is 1. The van der Waals surface area contributed by atoms with Crippen LogP contribution < -0.4 is 5.32 Å². The van der Waals surface area contributed by atoms with E-state index in [1.807, 2.05) is 0 Å². The number of carbonyl (C=O) groups excluding carboxylic acids is 1. The number of carbonyl (C=O) groups is 1. The summed E-state index contributed by atoms with van der Waals surface area (Å²) >= 11 is 5.04. The van der Waals surface area contributed by atoms with E-state index in [0.29, 0.717) is 39.2 Å². The van der Waals surface area contributed by atoms with Crippen molar-refractivity contribution in [2.75, 3.05) is 0 Å². The highest BCUT2D eigenvalue weighted by Crippen LogP contribution is 2.65. The molecule has 4 nitrogen and oxygen atoms in total. The van der Waals surface area contributed by atoms with Crippen LogP contribution in [-0.2, 0) is 0 Å². The first kappa shape index (κ1) is 12.8. The summed E-state index contributed by atoms with van der Waals surface area (Å²) in [6.07, 6.45) is 3.97. The average molecular weight is 317 g/mol. The quantitative estimate of drug-likeness (QED) is 0.745. The number of hydrogen-bond donors (Lipinski definition) is 3. The van der Waals surface area contributed by atoms with Gasteiger partial charge in [-0.3, -0.25) is 4.79 Å². The van der Waals surface area contributed by atoms with Crippen LogP contribution in [0.3, 0.4) is 0 Å². The first-order valence-electron chi connectivity index (χ1n) is 7.84. The molecule has 0 spiro atoms. The highest BCUT2D eigenvalue weighted by atomic mass is 32.1. The summed E-state index contributed by atoms with van der Waals surface area (Å²) in [7, 11) is 0. The number of imidazole rings is 1. The minimum atomic E-state index is -0.432. The van der Waals surface area contributed by atoms with Gasteiger partial charge in [0.05, 0.1) is 16.6 Å². The molecule has 4 atom stereocenters. The Kier molecular flexibility index (Phi) is 2.44. The van der Waals surface area contributed by atoms with Crippen molar-refractivity contribution < 1.29 is 9.18 Å². The topological polar surface area (TPSA) is 60.7 Å². The summed E-state index contributed by atoms with van der Waals surface area (Å²) < 4.78 is 14.1. The van der Waals surface area contributed by atoms with Gasteiger partial charge in [0.15, 0.2) is 4.77 Å². The molecule has 2 aromatic rings. The van der Waals surface area contributed by atoms with E-state index in [0.717, 1.165) is 11.8 Å². The fraction of sp³-hybridized carbons (Fsp3) is 0.500. The fourth-order valence-electron chi connectivity index (χ4n) is 5.03. The number of rotatable bonds is 2. The van der Waals surface area contributed by atoms with Gasteiger partial charge in [-0.15, -0.1) is 0 Å². The van der Waals surface area contributed by atoms with Gasteiger partial charge in [0.25, 0.3) is 5.91 Å². The molecule has 3 fully saturated rings. The first-order chi connectivity index (χ1) is 10.6. The molecule has 0 radical (unpaired) electrons. The second kappa shape index (κ2) is 4.19. The molecule has 5 rings (SSSR count). The molecule has 4 unspecified atom stereocenters. The van der Waals surface area contributed by atoms with Crippen LogP contribution in [0.5, 0.6) is 0 Å². The molecule has 1 aromatic carbocycles. The third-order valence-electron chi connectivity index (χ3n) is 5.87. The van der Waals surface area contributed by atoms with Gasteiger partial charge in [-0.05, 0) is 67.3 Å². The Morgan fingerprint density at radius 1 is 1.23 bits per heavy atom. The number of halogens is 1. The van der Waals surface area contributed by atoms with E-state index in [1.54, 1.807) is 0 Å². The molecule has 2 bridgehead atoms. The second-order valence-electron chi connectivity index (χ2n) is 6.94. The summed E-state index contributed by atoms with van der Waals surface area (Å²) in [6.45, 7) is 0. The second-order valence-corrected chi connectivity index (χ2v) is 7.35. The van der Waals surface area contributed by atoms with Gasteiger partial charge in [-0.2, -0.15) is 0 Å². The van der Waals surface area contributed by atoms with Gasteiger partial charge in [-0.25, -0.2) is 4.39 Å². The van der Waals surface area contributed by atoms with Crippen LogP contribution in [-0.4, -0.2) is 21.9 Å². The Balaban J connectivity index is 1.45.